The molecule has 0 fully saturated rings. The van der Waals surface area contributed by atoms with Gasteiger partial charge in [-0.15, -0.1) is 0 Å². The Kier molecular flexibility index (Phi) is 4.30. The van der Waals surface area contributed by atoms with Crippen LogP contribution >= 0.6 is 0 Å². The average molecular weight is 271 g/mol. The fraction of sp³-hybridized carbons (Fsp3) is 0.294. The second-order valence-corrected chi connectivity index (χ2v) is 5.20. The number of aliphatic hydroxyl groups excluding tert-OH is 1. The molecule has 3 heteroatoms. The number of aliphatic hydroxyl groups is 1. The summed E-state index contributed by atoms with van der Waals surface area (Å²) in [6, 6.07) is 11.6. The minimum absolute atomic E-state index is 0.00199. The van der Waals surface area contributed by atoms with Crippen LogP contribution in [0.1, 0.15) is 28.3 Å². The Balaban J connectivity index is 2.31. The molecule has 3 nitrogen and oxygen atoms in total. The van der Waals surface area contributed by atoms with Gasteiger partial charge in [-0.05, 0) is 49.1 Å². The van der Waals surface area contributed by atoms with Crippen molar-refractivity contribution in [3.63, 3.8) is 0 Å². The van der Waals surface area contributed by atoms with Crippen molar-refractivity contribution in [3.8, 4) is 5.75 Å². The van der Waals surface area contributed by atoms with E-state index in [1.165, 1.54) is 0 Å². The second-order valence-electron chi connectivity index (χ2n) is 5.20. The lowest BCUT2D eigenvalue weighted by molar-refractivity contribution is 0.276. The zero-order valence-electron chi connectivity index (χ0n) is 12.1. The van der Waals surface area contributed by atoms with Gasteiger partial charge in [0.2, 0.25) is 0 Å². The van der Waals surface area contributed by atoms with Gasteiger partial charge in [-0.3, -0.25) is 0 Å². The molecular weight excluding hydrogens is 250 g/mol. The summed E-state index contributed by atoms with van der Waals surface area (Å²) in [4.78, 5) is 0. The van der Waals surface area contributed by atoms with Gasteiger partial charge in [0, 0.05) is 5.69 Å². The smallest absolute Gasteiger partial charge is 0.121 e. The molecular formula is C17H21NO2. The van der Waals surface area contributed by atoms with Crippen LogP contribution in [0.5, 0.6) is 5.75 Å². The van der Waals surface area contributed by atoms with Gasteiger partial charge in [-0.25, -0.2) is 0 Å². The molecule has 1 unspecified atom stereocenters. The van der Waals surface area contributed by atoms with Crippen molar-refractivity contribution in [2.75, 3.05) is 11.9 Å². The number of aromatic hydroxyl groups is 1. The molecule has 0 aliphatic heterocycles. The molecule has 0 spiro atoms. The Bertz CT molecular complexity index is 585. The quantitative estimate of drug-likeness (QED) is 0.798. The summed E-state index contributed by atoms with van der Waals surface area (Å²) in [5.74, 6) is 0.321. The minimum Gasteiger partial charge on any atom is -0.507 e. The lowest BCUT2D eigenvalue weighted by atomic mass is 10.00. The molecule has 0 aliphatic carbocycles. The molecule has 20 heavy (non-hydrogen) atoms. The largest absolute Gasteiger partial charge is 0.507 e. The van der Waals surface area contributed by atoms with Crippen LogP contribution in [0.15, 0.2) is 36.4 Å². The van der Waals surface area contributed by atoms with Crippen molar-refractivity contribution >= 4 is 5.69 Å². The highest BCUT2D eigenvalue weighted by Crippen LogP contribution is 2.28. The van der Waals surface area contributed by atoms with E-state index in [2.05, 4.69) is 5.32 Å². The summed E-state index contributed by atoms with van der Waals surface area (Å²) in [5.41, 5.74) is 4.77. The lowest BCUT2D eigenvalue weighted by Crippen LogP contribution is -2.15. The topological polar surface area (TPSA) is 52.5 Å². The highest BCUT2D eigenvalue weighted by Gasteiger charge is 2.14. The lowest BCUT2D eigenvalue weighted by Gasteiger charge is -2.21. The average Bonchev–Trinajstić information content (AvgIpc) is 2.43. The number of phenolic OH excluding ortho intramolecular Hbond substituents is 1. The number of para-hydroxylation sites is 1. The number of anilines is 1. The molecule has 0 saturated heterocycles. The number of hydrogen-bond acceptors (Lipinski definition) is 3. The number of phenols is 1. The Morgan fingerprint density at radius 2 is 1.60 bits per heavy atom. The molecule has 2 aromatic rings. The van der Waals surface area contributed by atoms with Crippen LogP contribution in [0.3, 0.4) is 0 Å². The van der Waals surface area contributed by atoms with Gasteiger partial charge in [0.05, 0.1) is 12.6 Å². The van der Waals surface area contributed by atoms with Crippen LogP contribution in [0.4, 0.5) is 5.69 Å². The monoisotopic (exact) mass is 271 g/mol. The maximum Gasteiger partial charge on any atom is 0.121 e. The third-order valence-corrected chi connectivity index (χ3v) is 3.57. The molecule has 106 valence electrons. The normalized spacial score (nSPS) is 12.2. The maximum atomic E-state index is 9.84. The number of aryl methyl sites for hydroxylation is 3. The van der Waals surface area contributed by atoms with Gasteiger partial charge < -0.3 is 15.5 Å². The number of nitrogens with one attached hydrogen (secondary N) is 1. The van der Waals surface area contributed by atoms with E-state index in [-0.39, 0.29) is 12.6 Å². The fourth-order valence-corrected chi connectivity index (χ4v) is 2.35. The maximum absolute atomic E-state index is 9.84. The van der Waals surface area contributed by atoms with E-state index in [1.807, 2.05) is 57.2 Å². The fourth-order valence-electron chi connectivity index (χ4n) is 2.35. The van der Waals surface area contributed by atoms with Gasteiger partial charge in [0.25, 0.3) is 0 Å². The Morgan fingerprint density at radius 1 is 1.00 bits per heavy atom. The molecule has 0 radical (unpaired) electrons. The van der Waals surface area contributed by atoms with Crippen LogP contribution in [-0.2, 0) is 0 Å². The van der Waals surface area contributed by atoms with Crippen molar-refractivity contribution in [2.24, 2.45) is 0 Å². The van der Waals surface area contributed by atoms with Crippen molar-refractivity contribution in [1.29, 1.82) is 0 Å². The Hall–Kier alpha value is -2.00. The first-order valence-corrected chi connectivity index (χ1v) is 6.76. The second kappa shape index (κ2) is 5.97. The first-order chi connectivity index (χ1) is 9.52. The predicted molar refractivity (Wildman–Crippen MR) is 82.2 cm³/mol. The molecule has 0 heterocycles. The summed E-state index contributed by atoms with van der Waals surface area (Å²) >= 11 is 0. The van der Waals surface area contributed by atoms with Gasteiger partial charge in [0.1, 0.15) is 5.75 Å². The molecule has 0 bridgehead atoms. The van der Waals surface area contributed by atoms with E-state index in [0.717, 1.165) is 27.9 Å². The van der Waals surface area contributed by atoms with Crippen molar-refractivity contribution in [2.45, 2.75) is 26.8 Å². The van der Waals surface area contributed by atoms with Crippen LogP contribution in [0.25, 0.3) is 0 Å². The summed E-state index contributed by atoms with van der Waals surface area (Å²) in [6.45, 7) is 5.77. The third kappa shape index (κ3) is 2.94. The highest BCUT2D eigenvalue weighted by atomic mass is 16.3. The Labute approximate surface area is 119 Å². The van der Waals surface area contributed by atoms with E-state index < -0.39 is 0 Å². The van der Waals surface area contributed by atoms with Gasteiger partial charge in [-0.2, -0.15) is 0 Å². The van der Waals surface area contributed by atoms with Gasteiger partial charge >= 0.3 is 0 Å². The zero-order chi connectivity index (χ0) is 14.7. The first-order valence-electron chi connectivity index (χ1n) is 6.76. The van der Waals surface area contributed by atoms with Gasteiger partial charge in [-0.1, -0.05) is 30.3 Å². The molecule has 3 N–H and O–H groups in total. The third-order valence-electron chi connectivity index (χ3n) is 3.57. The first kappa shape index (κ1) is 14.4. The minimum atomic E-state index is -0.186. The van der Waals surface area contributed by atoms with E-state index in [9.17, 15) is 10.2 Å². The summed E-state index contributed by atoms with van der Waals surface area (Å²) in [6.07, 6.45) is 0. The number of hydrogen-bond donors (Lipinski definition) is 3. The summed E-state index contributed by atoms with van der Waals surface area (Å²) in [7, 11) is 0. The SMILES string of the molecule is Cc1ccccc1NC(CO)c1cc(C)c(O)c(C)c1. The van der Waals surface area contributed by atoms with E-state index in [0.29, 0.717) is 5.75 Å². The molecule has 0 amide bonds. The standard InChI is InChI=1S/C17H21NO2/c1-11-6-4-5-7-15(11)18-16(10-19)14-8-12(2)17(20)13(3)9-14/h4-9,16,18-20H,10H2,1-3H3. The van der Waals surface area contributed by atoms with Crippen LogP contribution in [-0.4, -0.2) is 16.8 Å². The Morgan fingerprint density at radius 3 is 2.15 bits per heavy atom. The van der Waals surface area contributed by atoms with Crippen molar-refractivity contribution in [1.82, 2.24) is 0 Å². The molecule has 0 saturated carbocycles. The highest BCUT2D eigenvalue weighted by molar-refractivity contribution is 5.53. The number of rotatable bonds is 4. The molecule has 2 aromatic carbocycles. The van der Waals surface area contributed by atoms with Gasteiger partial charge in [0.15, 0.2) is 0 Å². The zero-order valence-corrected chi connectivity index (χ0v) is 12.1. The van der Waals surface area contributed by atoms with Crippen molar-refractivity contribution in [3.05, 3.63) is 58.7 Å². The predicted octanol–water partition coefficient (Wildman–Crippen LogP) is 3.46. The van der Waals surface area contributed by atoms with E-state index in [1.54, 1.807) is 0 Å². The molecule has 2 rings (SSSR count). The molecule has 0 aromatic heterocycles. The van der Waals surface area contributed by atoms with Crippen LogP contribution in [0.2, 0.25) is 0 Å². The molecule has 0 aliphatic rings. The van der Waals surface area contributed by atoms with Crippen LogP contribution < -0.4 is 5.32 Å². The van der Waals surface area contributed by atoms with Crippen molar-refractivity contribution < 1.29 is 10.2 Å². The van der Waals surface area contributed by atoms with Crippen LogP contribution in [0, 0.1) is 20.8 Å². The number of benzene rings is 2. The van der Waals surface area contributed by atoms with E-state index in [4.69, 9.17) is 0 Å². The van der Waals surface area contributed by atoms with E-state index >= 15 is 0 Å². The molecule has 1 atom stereocenters. The summed E-state index contributed by atoms with van der Waals surface area (Å²) in [5, 5.41) is 22.8. The summed E-state index contributed by atoms with van der Waals surface area (Å²) < 4.78 is 0.